The van der Waals surface area contributed by atoms with Crippen molar-refractivity contribution >= 4 is 11.4 Å². The van der Waals surface area contributed by atoms with Gasteiger partial charge in [0.05, 0.1) is 11.4 Å². The fourth-order valence-electron chi connectivity index (χ4n) is 3.25. The maximum Gasteiger partial charge on any atom is 0.0688 e. The molecule has 25 heavy (non-hydrogen) atoms. The van der Waals surface area contributed by atoms with E-state index in [4.69, 9.17) is 5.10 Å². The highest BCUT2D eigenvalue weighted by atomic mass is 15.3. The summed E-state index contributed by atoms with van der Waals surface area (Å²) in [5.74, 6) is 0.428. The molecular formula is C23H26N2. The molecule has 0 fully saturated rings. The van der Waals surface area contributed by atoms with Crippen LogP contribution in [-0.4, -0.2) is 5.71 Å². The maximum absolute atomic E-state index is 4.79. The fourth-order valence-corrected chi connectivity index (χ4v) is 3.25. The van der Waals surface area contributed by atoms with Gasteiger partial charge in [0.25, 0.3) is 0 Å². The first kappa shape index (κ1) is 17.2. The maximum atomic E-state index is 4.79. The summed E-state index contributed by atoms with van der Waals surface area (Å²) in [6.45, 7) is 8.75. The number of allylic oxidation sites excluding steroid dienone is 4. The zero-order valence-electron chi connectivity index (χ0n) is 15.5. The van der Waals surface area contributed by atoms with Gasteiger partial charge in [0.15, 0.2) is 0 Å². The molecule has 0 heterocycles. The summed E-state index contributed by atoms with van der Waals surface area (Å²) in [4.78, 5) is 0. The van der Waals surface area contributed by atoms with Gasteiger partial charge in [-0.15, -0.1) is 0 Å². The minimum atomic E-state index is 0.428. The van der Waals surface area contributed by atoms with Gasteiger partial charge in [-0.1, -0.05) is 65.8 Å². The second-order valence-electron chi connectivity index (χ2n) is 6.82. The van der Waals surface area contributed by atoms with Crippen LogP contribution >= 0.6 is 0 Å². The van der Waals surface area contributed by atoms with Crippen molar-refractivity contribution < 1.29 is 0 Å². The van der Waals surface area contributed by atoms with Crippen molar-refractivity contribution in [3.05, 3.63) is 88.5 Å². The van der Waals surface area contributed by atoms with Crippen LogP contribution in [0.5, 0.6) is 0 Å². The minimum absolute atomic E-state index is 0.428. The van der Waals surface area contributed by atoms with Crippen molar-refractivity contribution in [2.45, 2.75) is 34.1 Å². The molecule has 0 saturated heterocycles. The molecule has 128 valence electrons. The van der Waals surface area contributed by atoms with Crippen molar-refractivity contribution in [1.29, 1.82) is 0 Å². The van der Waals surface area contributed by atoms with Gasteiger partial charge < -0.3 is 0 Å². The quantitative estimate of drug-likeness (QED) is 0.519. The van der Waals surface area contributed by atoms with Gasteiger partial charge in [0.2, 0.25) is 0 Å². The van der Waals surface area contributed by atoms with E-state index in [0.29, 0.717) is 5.92 Å². The number of hydrazone groups is 1. The van der Waals surface area contributed by atoms with Crippen LogP contribution < -0.4 is 5.43 Å². The summed E-state index contributed by atoms with van der Waals surface area (Å²) < 4.78 is 0. The monoisotopic (exact) mass is 330 g/mol. The Kier molecular flexibility index (Phi) is 5.18. The van der Waals surface area contributed by atoms with Gasteiger partial charge in [-0.2, -0.15) is 5.10 Å². The van der Waals surface area contributed by atoms with E-state index in [1.165, 1.54) is 27.8 Å². The van der Waals surface area contributed by atoms with E-state index in [-0.39, 0.29) is 0 Å². The molecule has 0 aliphatic heterocycles. The second-order valence-corrected chi connectivity index (χ2v) is 6.82. The van der Waals surface area contributed by atoms with Crippen LogP contribution in [-0.2, 0) is 0 Å². The van der Waals surface area contributed by atoms with Gasteiger partial charge >= 0.3 is 0 Å². The highest BCUT2D eigenvalue weighted by Gasteiger charge is 2.21. The predicted molar refractivity (Wildman–Crippen MR) is 108 cm³/mol. The largest absolute Gasteiger partial charge is 0.278 e. The molecule has 0 bridgehead atoms. The van der Waals surface area contributed by atoms with Crippen molar-refractivity contribution in [3.63, 3.8) is 0 Å². The van der Waals surface area contributed by atoms with Gasteiger partial charge in [-0.25, -0.2) is 0 Å². The summed E-state index contributed by atoms with van der Waals surface area (Å²) in [6.07, 6.45) is 3.28. The second kappa shape index (κ2) is 7.52. The van der Waals surface area contributed by atoms with E-state index in [1.54, 1.807) is 0 Å². The lowest BCUT2D eigenvalue weighted by molar-refractivity contribution is 0.808. The number of nitrogens with zero attached hydrogens (tertiary/aromatic N) is 1. The van der Waals surface area contributed by atoms with Crippen LogP contribution in [0.1, 0.15) is 38.3 Å². The van der Waals surface area contributed by atoms with Crippen LogP contribution in [0.3, 0.4) is 0 Å². The molecule has 1 aliphatic carbocycles. The number of nitrogens with one attached hydrogen (secondary N) is 1. The lowest BCUT2D eigenvalue weighted by Gasteiger charge is -2.14. The standard InChI is InChI=1S/C23H26N2/c1-16-10-8-9-13-22(16)24-25-23(20-11-6-5-7-12-20)15-21-14-17(2)18(3)19(21)4/h5-14,21,24H,15H2,1-4H3. The van der Waals surface area contributed by atoms with Gasteiger partial charge in [0, 0.05) is 12.3 Å². The van der Waals surface area contributed by atoms with Crippen molar-refractivity contribution in [2.24, 2.45) is 11.0 Å². The number of para-hydroxylation sites is 1. The smallest absolute Gasteiger partial charge is 0.0688 e. The summed E-state index contributed by atoms with van der Waals surface area (Å²) in [7, 11) is 0. The summed E-state index contributed by atoms with van der Waals surface area (Å²) in [5.41, 5.74) is 12.1. The Morgan fingerprint density at radius 2 is 1.60 bits per heavy atom. The van der Waals surface area contributed by atoms with Crippen molar-refractivity contribution in [3.8, 4) is 0 Å². The lowest BCUT2D eigenvalue weighted by Crippen LogP contribution is -2.11. The highest BCUT2D eigenvalue weighted by molar-refractivity contribution is 6.01. The van der Waals surface area contributed by atoms with Gasteiger partial charge in [0.1, 0.15) is 0 Å². The molecular weight excluding hydrogens is 304 g/mol. The molecule has 0 spiro atoms. The van der Waals surface area contributed by atoms with Gasteiger partial charge in [-0.05, 0) is 50.5 Å². The Balaban J connectivity index is 1.89. The predicted octanol–water partition coefficient (Wildman–Crippen LogP) is 6.11. The summed E-state index contributed by atoms with van der Waals surface area (Å²) in [5, 5.41) is 4.79. The zero-order chi connectivity index (χ0) is 17.8. The Bertz CT molecular complexity index is 841. The highest BCUT2D eigenvalue weighted by Crippen LogP contribution is 2.33. The van der Waals surface area contributed by atoms with E-state index < -0.39 is 0 Å². The number of anilines is 1. The summed E-state index contributed by atoms with van der Waals surface area (Å²) in [6, 6.07) is 18.7. The molecule has 1 unspecified atom stereocenters. The van der Waals surface area contributed by atoms with E-state index in [1.807, 2.05) is 18.2 Å². The third-order valence-corrected chi connectivity index (χ3v) is 5.17. The molecule has 0 aromatic heterocycles. The van der Waals surface area contributed by atoms with Gasteiger partial charge in [-0.3, -0.25) is 5.43 Å². The molecule has 3 rings (SSSR count). The third-order valence-electron chi connectivity index (χ3n) is 5.17. The molecule has 1 N–H and O–H groups in total. The topological polar surface area (TPSA) is 24.4 Å². The van der Waals surface area contributed by atoms with E-state index in [9.17, 15) is 0 Å². The van der Waals surface area contributed by atoms with E-state index >= 15 is 0 Å². The molecule has 1 atom stereocenters. The third kappa shape index (κ3) is 3.90. The van der Waals surface area contributed by atoms with Crippen LogP contribution in [0.4, 0.5) is 5.69 Å². The Morgan fingerprint density at radius 1 is 0.920 bits per heavy atom. The normalized spacial score (nSPS) is 17.7. The first-order valence-electron chi connectivity index (χ1n) is 8.86. The first-order valence-corrected chi connectivity index (χ1v) is 8.86. The van der Waals surface area contributed by atoms with E-state index in [0.717, 1.165) is 17.8 Å². The molecule has 2 aromatic carbocycles. The minimum Gasteiger partial charge on any atom is -0.278 e. The lowest BCUT2D eigenvalue weighted by atomic mass is 9.93. The first-order chi connectivity index (χ1) is 12.1. The molecule has 0 radical (unpaired) electrons. The zero-order valence-corrected chi connectivity index (χ0v) is 15.5. The SMILES string of the molecule is CC1=CC(CC(=NNc2ccccc2C)c2ccccc2)C(C)=C1C. The molecule has 2 aromatic rings. The number of benzene rings is 2. The Labute approximate surface area is 151 Å². The molecule has 1 aliphatic rings. The number of hydrogen-bond donors (Lipinski definition) is 1. The van der Waals surface area contributed by atoms with E-state index in [2.05, 4.69) is 75.6 Å². The number of rotatable bonds is 5. The molecule has 0 amide bonds. The summed E-state index contributed by atoms with van der Waals surface area (Å²) >= 11 is 0. The van der Waals surface area contributed by atoms with Crippen LogP contribution in [0.25, 0.3) is 0 Å². The van der Waals surface area contributed by atoms with Crippen LogP contribution in [0, 0.1) is 12.8 Å². The van der Waals surface area contributed by atoms with Crippen molar-refractivity contribution in [1.82, 2.24) is 0 Å². The van der Waals surface area contributed by atoms with Crippen molar-refractivity contribution in [2.75, 3.05) is 5.43 Å². The average Bonchev–Trinajstić information content (AvgIpc) is 2.87. The molecule has 2 heteroatoms. The number of hydrogen-bond acceptors (Lipinski definition) is 2. The average molecular weight is 330 g/mol. The van der Waals surface area contributed by atoms with Crippen LogP contribution in [0.15, 0.2) is 82.5 Å². The number of aryl methyl sites for hydroxylation is 1. The fraction of sp³-hybridized carbons (Fsp3) is 0.261. The Morgan fingerprint density at radius 3 is 2.24 bits per heavy atom. The molecule has 0 saturated carbocycles. The Hall–Kier alpha value is -2.61. The van der Waals surface area contributed by atoms with Crippen LogP contribution in [0.2, 0.25) is 0 Å². The molecule has 2 nitrogen and oxygen atoms in total.